The van der Waals surface area contributed by atoms with Crippen molar-refractivity contribution in [1.29, 1.82) is 10.5 Å². The van der Waals surface area contributed by atoms with E-state index >= 15 is 0 Å². The van der Waals surface area contributed by atoms with Crippen LogP contribution in [0.25, 0.3) is 0 Å². The van der Waals surface area contributed by atoms with E-state index in [2.05, 4.69) is 17.2 Å². The lowest BCUT2D eigenvalue weighted by atomic mass is 10.1. The van der Waals surface area contributed by atoms with Crippen molar-refractivity contribution in [3.8, 4) is 23.6 Å². The van der Waals surface area contributed by atoms with Crippen molar-refractivity contribution in [3.63, 3.8) is 0 Å². The molecule has 5 nitrogen and oxygen atoms in total. The Morgan fingerprint density at radius 2 is 2.00 bits per heavy atom. The zero-order valence-corrected chi connectivity index (χ0v) is 17.1. The number of ether oxygens (including phenoxy) is 1. The summed E-state index contributed by atoms with van der Waals surface area (Å²) in [4.78, 5) is 11.0. The van der Waals surface area contributed by atoms with E-state index in [9.17, 15) is 10.1 Å². The highest BCUT2D eigenvalue weighted by Crippen LogP contribution is 2.31. The molecule has 28 heavy (non-hydrogen) atoms. The average Bonchev–Trinajstić information content (AvgIpc) is 2.70. The number of nitrogens with zero attached hydrogens (tertiary/aromatic N) is 2. The molecule has 0 aromatic heterocycles. The van der Waals surface area contributed by atoms with Crippen LogP contribution in [-0.2, 0) is 11.2 Å². The largest absolute Gasteiger partial charge is 0.456 e. The SMILES string of the molecule is CNPC(/C=C(/C)C=O)Cc1ccc(C)c(Oc2cc(C#N)ccc2C#N)c1. The molecule has 0 fully saturated rings. The maximum atomic E-state index is 11.0. The molecule has 1 N–H and O–H groups in total. The highest BCUT2D eigenvalue weighted by Gasteiger charge is 2.12. The number of nitrogens with one attached hydrogen (secondary N) is 1. The van der Waals surface area contributed by atoms with Crippen LogP contribution < -0.4 is 9.82 Å². The van der Waals surface area contributed by atoms with E-state index in [0.717, 1.165) is 23.8 Å². The summed E-state index contributed by atoms with van der Waals surface area (Å²) in [6.45, 7) is 3.73. The molecule has 2 aromatic carbocycles. The van der Waals surface area contributed by atoms with Crippen molar-refractivity contribution in [2.24, 2.45) is 0 Å². The van der Waals surface area contributed by atoms with Crippen LogP contribution >= 0.6 is 8.73 Å². The number of rotatable bonds is 8. The van der Waals surface area contributed by atoms with Gasteiger partial charge in [-0.05, 0) is 77.0 Å². The number of aryl methyl sites for hydroxylation is 1. The second kappa shape index (κ2) is 10.4. The minimum atomic E-state index is 0.197. The lowest BCUT2D eigenvalue weighted by molar-refractivity contribution is -0.104. The van der Waals surface area contributed by atoms with E-state index in [1.807, 2.05) is 38.2 Å². The molecule has 0 saturated heterocycles. The van der Waals surface area contributed by atoms with Crippen LogP contribution in [-0.4, -0.2) is 19.0 Å². The third-order valence-electron chi connectivity index (χ3n) is 4.14. The molecule has 142 valence electrons. The molecule has 2 atom stereocenters. The van der Waals surface area contributed by atoms with Crippen LogP contribution in [0.15, 0.2) is 48.0 Å². The Kier molecular flexibility index (Phi) is 7.90. The van der Waals surface area contributed by atoms with Gasteiger partial charge in [-0.2, -0.15) is 10.5 Å². The van der Waals surface area contributed by atoms with Gasteiger partial charge in [0.05, 0.1) is 17.2 Å². The van der Waals surface area contributed by atoms with E-state index in [1.165, 1.54) is 0 Å². The molecule has 0 aliphatic carbocycles. The molecule has 0 radical (unpaired) electrons. The topological polar surface area (TPSA) is 85.9 Å². The fourth-order valence-electron chi connectivity index (χ4n) is 2.72. The normalized spacial score (nSPS) is 12.4. The van der Waals surface area contributed by atoms with Gasteiger partial charge >= 0.3 is 0 Å². The summed E-state index contributed by atoms with van der Waals surface area (Å²) in [5.74, 6) is 1.01. The molecule has 0 aliphatic heterocycles. The molecule has 2 rings (SSSR count). The summed E-state index contributed by atoms with van der Waals surface area (Å²) in [7, 11) is 2.38. The number of carbonyl (C=O) groups is 1. The quantitative estimate of drug-likeness (QED) is 0.409. The highest BCUT2D eigenvalue weighted by molar-refractivity contribution is 7.36. The van der Waals surface area contributed by atoms with Crippen LogP contribution in [0.1, 0.15) is 29.2 Å². The van der Waals surface area contributed by atoms with Crippen molar-refractivity contribution in [2.45, 2.75) is 25.9 Å². The van der Waals surface area contributed by atoms with Crippen molar-refractivity contribution < 1.29 is 9.53 Å². The van der Waals surface area contributed by atoms with Gasteiger partial charge in [-0.1, -0.05) is 18.2 Å². The van der Waals surface area contributed by atoms with Gasteiger partial charge in [0.1, 0.15) is 23.9 Å². The molecule has 2 aromatic rings. The monoisotopic (exact) mass is 391 g/mol. The predicted octanol–water partition coefficient (Wildman–Crippen LogP) is 4.40. The molecular weight excluding hydrogens is 369 g/mol. The van der Waals surface area contributed by atoms with Crippen LogP contribution in [0.4, 0.5) is 0 Å². The first-order valence-corrected chi connectivity index (χ1v) is 9.86. The number of hydrogen-bond donors (Lipinski definition) is 1. The molecule has 2 unspecified atom stereocenters. The average molecular weight is 391 g/mol. The second-order valence-electron chi connectivity index (χ2n) is 6.37. The lowest BCUT2D eigenvalue weighted by Crippen LogP contribution is -2.08. The summed E-state index contributed by atoms with van der Waals surface area (Å²) < 4.78 is 6.00. The maximum Gasteiger partial charge on any atom is 0.146 e. The van der Waals surface area contributed by atoms with Crippen molar-refractivity contribution in [1.82, 2.24) is 5.09 Å². The summed E-state index contributed by atoms with van der Waals surface area (Å²) in [5.41, 5.74) is 3.72. The second-order valence-corrected chi connectivity index (χ2v) is 7.90. The Bertz CT molecular complexity index is 971. The molecule has 0 bridgehead atoms. The van der Waals surface area contributed by atoms with Gasteiger partial charge < -0.3 is 9.82 Å². The summed E-state index contributed by atoms with van der Waals surface area (Å²) in [6.07, 6.45) is 3.60. The van der Waals surface area contributed by atoms with E-state index in [-0.39, 0.29) is 5.66 Å². The Morgan fingerprint density at radius 1 is 1.21 bits per heavy atom. The predicted molar refractivity (Wildman–Crippen MR) is 112 cm³/mol. The minimum absolute atomic E-state index is 0.197. The third kappa shape index (κ3) is 5.76. The Labute approximate surface area is 167 Å². The first kappa shape index (κ1) is 21.3. The van der Waals surface area contributed by atoms with Crippen LogP contribution in [0, 0.1) is 29.6 Å². The van der Waals surface area contributed by atoms with E-state index in [1.54, 1.807) is 25.1 Å². The van der Waals surface area contributed by atoms with Crippen molar-refractivity contribution in [2.75, 3.05) is 7.05 Å². The van der Waals surface area contributed by atoms with Gasteiger partial charge in [0.25, 0.3) is 0 Å². The number of hydrogen-bond acceptors (Lipinski definition) is 5. The summed E-state index contributed by atoms with van der Waals surface area (Å²) in [6, 6.07) is 14.9. The van der Waals surface area contributed by atoms with Crippen LogP contribution in [0.2, 0.25) is 0 Å². The van der Waals surface area contributed by atoms with Gasteiger partial charge in [0.15, 0.2) is 0 Å². The molecule has 6 heteroatoms. The zero-order valence-electron chi connectivity index (χ0n) is 16.1. The smallest absolute Gasteiger partial charge is 0.146 e. The van der Waals surface area contributed by atoms with E-state index in [0.29, 0.717) is 36.9 Å². The minimum Gasteiger partial charge on any atom is -0.456 e. The molecule has 0 heterocycles. The molecule has 0 amide bonds. The van der Waals surface area contributed by atoms with Crippen molar-refractivity contribution in [3.05, 3.63) is 70.3 Å². The van der Waals surface area contributed by atoms with Gasteiger partial charge in [-0.15, -0.1) is 0 Å². The fourth-order valence-corrected chi connectivity index (χ4v) is 3.77. The first-order valence-electron chi connectivity index (χ1n) is 8.78. The number of carbonyl (C=O) groups excluding carboxylic acids is 1. The number of aldehydes is 1. The number of allylic oxidation sites excluding steroid dienone is 2. The molecular formula is C22H22N3O2P. The number of nitriles is 2. The zero-order chi connectivity index (χ0) is 20.5. The van der Waals surface area contributed by atoms with Gasteiger partial charge in [0, 0.05) is 5.66 Å². The Hall–Kier alpha value is -2.98. The van der Waals surface area contributed by atoms with Crippen molar-refractivity contribution >= 4 is 15.0 Å². The third-order valence-corrected chi connectivity index (χ3v) is 5.17. The fraction of sp³-hybridized carbons (Fsp3) is 0.227. The van der Waals surface area contributed by atoms with E-state index < -0.39 is 0 Å². The highest BCUT2D eigenvalue weighted by atomic mass is 31.1. The standard InChI is InChI=1S/C22H22N3O2P/c1-15(14-26)8-20(28-25-3)9-17-5-4-16(2)21(10-17)27-22-11-18(12-23)6-7-19(22)13-24/h4-8,10-11,14,20,25,28H,9H2,1-3H3/b15-8-. The van der Waals surface area contributed by atoms with Crippen LogP contribution in [0.5, 0.6) is 11.5 Å². The Balaban J connectivity index is 2.32. The first-order chi connectivity index (χ1) is 13.5. The molecule has 0 saturated carbocycles. The van der Waals surface area contributed by atoms with Gasteiger partial charge in [-0.25, -0.2) is 0 Å². The van der Waals surface area contributed by atoms with E-state index in [4.69, 9.17) is 10.00 Å². The summed E-state index contributed by atoms with van der Waals surface area (Å²) >= 11 is 0. The Morgan fingerprint density at radius 3 is 2.64 bits per heavy atom. The van der Waals surface area contributed by atoms with Crippen LogP contribution in [0.3, 0.4) is 0 Å². The molecule has 0 spiro atoms. The number of benzene rings is 2. The maximum absolute atomic E-state index is 11.0. The van der Waals surface area contributed by atoms with Gasteiger partial charge in [-0.3, -0.25) is 4.79 Å². The lowest BCUT2D eigenvalue weighted by Gasteiger charge is -2.16. The van der Waals surface area contributed by atoms with Gasteiger partial charge in [0.2, 0.25) is 0 Å². The molecule has 0 aliphatic rings. The summed E-state index contributed by atoms with van der Waals surface area (Å²) in [5, 5.41) is 21.6.